The molecule has 0 bridgehead atoms. The van der Waals surface area contributed by atoms with E-state index in [1.807, 2.05) is 18.2 Å². The van der Waals surface area contributed by atoms with Crippen LogP contribution in [0.5, 0.6) is 0 Å². The Labute approximate surface area is 71.5 Å². The van der Waals surface area contributed by atoms with Crippen molar-refractivity contribution in [2.45, 2.75) is 19.3 Å². The lowest BCUT2D eigenvalue weighted by molar-refractivity contribution is -0.116. The number of hydrogen-bond donors (Lipinski definition) is 2. The van der Waals surface area contributed by atoms with Crippen LogP contribution in [0.2, 0.25) is 0 Å². The summed E-state index contributed by atoms with van der Waals surface area (Å²) in [4.78, 5) is 10.5. The fraction of sp³-hybridized carbons (Fsp3) is 0.333. The normalized spacial score (nSPS) is 15.5. The van der Waals surface area contributed by atoms with E-state index in [2.05, 4.69) is 0 Å². The number of rotatable bonds is 3. The summed E-state index contributed by atoms with van der Waals surface area (Å²) in [5.74, 6) is -0.445. The molecule has 0 aromatic rings. The number of nitrogens with two attached hydrogens (primary N) is 1. The first-order chi connectivity index (χ1) is 5.70. The molecule has 3 N–H and O–H groups in total. The van der Waals surface area contributed by atoms with Crippen molar-refractivity contribution in [3.63, 3.8) is 0 Å². The third-order valence-electron chi connectivity index (χ3n) is 1.69. The van der Waals surface area contributed by atoms with Gasteiger partial charge in [0.15, 0.2) is 0 Å². The highest BCUT2D eigenvalue weighted by Crippen LogP contribution is 2.11. The Bertz CT molecular complexity index is 264. The van der Waals surface area contributed by atoms with Crippen molar-refractivity contribution in [3.8, 4) is 0 Å². The molecule has 0 saturated carbocycles. The Morgan fingerprint density at radius 3 is 2.83 bits per heavy atom. The van der Waals surface area contributed by atoms with Crippen molar-refractivity contribution in [1.82, 2.24) is 0 Å². The number of hydrogen-bond acceptors (Lipinski definition) is 2. The van der Waals surface area contributed by atoms with Gasteiger partial charge < -0.3 is 11.1 Å². The highest BCUT2D eigenvalue weighted by Gasteiger charge is 2.06. The van der Waals surface area contributed by atoms with Crippen LogP contribution in [-0.2, 0) is 4.79 Å². The minimum absolute atomic E-state index is 0.0379. The summed E-state index contributed by atoms with van der Waals surface area (Å²) in [6.07, 6.45) is 7.85. The molecule has 1 aliphatic rings. The molecule has 0 atom stereocenters. The van der Waals surface area contributed by atoms with Crippen LogP contribution in [0, 0.1) is 5.41 Å². The molecule has 3 nitrogen and oxygen atoms in total. The molecule has 64 valence electrons. The largest absolute Gasteiger partial charge is 0.369 e. The first kappa shape index (κ1) is 8.71. The number of carbonyl (C=O) groups is 1. The highest BCUT2D eigenvalue weighted by molar-refractivity contribution is 6.09. The van der Waals surface area contributed by atoms with Crippen molar-refractivity contribution in [2.75, 3.05) is 0 Å². The lowest BCUT2D eigenvalue weighted by Crippen LogP contribution is -2.16. The third-order valence-corrected chi connectivity index (χ3v) is 1.69. The van der Waals surface area contributed by atoms with E-state index in [0.29, 0.717) is 5.71 Å². The lowest BCUT2D eigenvalue weighted by atomic mass is 10.0. The molecule has 0 heterocycles. The smallest absolute Gasteiger partial charge is 0.223 e. The summed E-state index contributed by atoms with van der Waals surface area (Å²) in [6, 6.07) is 0. The SMILES string of the molecule is N=C(CC(N)=O)C1=CCCC=C1. The van der Waals surface area contributed by atoms with Crippen LogP contribution in [0.1, 0.15) is 19.3 Å². The number of nitrogens with one attached hydrogen (secondary N) is 1. The van der Waals surface area contributed by atoms with Crippen LogP contribution in [0.4, 0.5) is 0 Å². The molecule has 0 aliphatic heterocycles. The van der Waals surface area contributed by atoms with E-state index in [0.717, 1.165) is 18.4 Å². The molecule has 0 aromatic heterocycles. The predicted octanol–water partition coefficient (Wildman–Crippen LogP) is 1.16. The van der Waals surface area contributed by atoms with Crippen LogP contribution in [-0.4, -0.2) is 11.6 Å². The zero-order chi connectivity index (χ0) is 8.97. The topological polar surface area (TPSA) is 66.9 Å². The Kier molecular flexibility index (Phi) is 2.80. The Morgan fingerprint density at radius 1 is 1.58 bits per heavy atom. The van der Waals surface area contributed by atoms with Crippen LogP contribution in [0.25, 0.3) is 0 Å². The molecular weight excluding hydrogens is 152 g/mol. The second-order valence-electron chi connectivity index (χ2n) is 2.76. The minimum atomic E-state index is -0.445. The molecule has 0 radical (unpaired) electrons. The molecule has 1 aliphatic carbocycles. The van der Waals surface area contributed by atoms with Gasteiger partial charge in [0.1, 0.15) is 0 Å². The van der Waals surface area contributed by atoms with Crippen LogP contribution >= 0.6 is 0 Å². The number of primary amides is 1. The quantitative estimate of drug-likeness (QED) is 0.604. The van der Waals surface area contributed by atoms with Crippen molar-refractivity contribution >= 4 is 11.6 Å². The van der Waals surface area contributed by atoms with Gasteiger partial charge in [-0.1, -0.05) is 18.2 Å². The first-order valence-electron chi connectivity index (χ1n) is 3.93. The maximum Gasteiger partial charge on any atom is 0.223 e. The monoisotopic (exact) mass is 164 g/mol. The highest BCUT2D eigenvalue weighted by atomic mass is 16.1. The molecule has 0 fully saturated rings. The van der Waals surface area contributed by atoms with Gasteiger partial charge in [-0.3, -0.25) is 4.79 Å². The van der Waals surface area contributed by atoms with E-state index in [9.17, 15) is 4.79 Å². The summed E-state index contributed by atoms with van der Waals surface area (Å²) in [5.41, 5.74) is 6.12. The van der Waals surface area contributed by atoms with Crippen molar-refractivity contribution in [2.24, 2.45) is 5.73 Å². The van der Waals surface area contributed by atoms with Gasteiger partial charge in [0.25, 0.3) is 0 Å². The van der Waals surface area contributed by atoms with Crippen molar-refractivity contribution in [3.05, 3.63) is 23.8 Å². The Hall–Kier alpha value is -1.38. The standard InChI is InChI=1S/C9H12N2O/c10-8(6-9(11)12)7-4-2-1-3-5-7/h2,4-5,10H,1,3,6H2,(H2,11,12). The van der Waals surface area contributed by atoms with E-state index >= 15 is 0 Å². The van der Waals surface area contributed by atoms with E-state index in [1.54, 1.807) is 0 Å². The molecule has 0 spiro atoms. The second kappa shape index (κ2) is 3.85. The van der Waals surface area contributed by atoms with Crippen LogP contribution in [0.15, 0.2) is 23.8 Å². The Balaban J connectivity index is 2.58. The number of amides is 1. The number of allylic oxidation sites excluding steroid dienone is 4. The fourth-order valence-electron chi connectivity index (χ4n) is 1.11. The number of carbonyl (C=O) groups excluding carboxylic acids is 1. The first-order valence-corrected chi connectivity index (χ1v) is 3.93. The molecule has 1 amide bonds. The minimum Gasteiger partial charge on any atom is -0.369 e. The summed E-state index contributed by atoms with van der Waals surface area (Å²) >= 11 is 0. The van der Waals surface area contributed by atoms with Crippen LogP contribution in [0.3, 0.4) is 0 Å². The van der Waals surface area contributed by atoms with E-state index in [-0.39, 0.29) is 6.42 Å². The lowest BCUT2D eigenvalue weighted by Gasteiger charge is -2.06. The van der Waals surface area contributed by atoms with Gasteiger partial charge in [0.2, 0.25) is 5.91 Å². The van der Waals surface area contributed by atoms with Crippen LogP contribution < -0.4 is 5.73 Å². The Morgan fingerprint density at radius 2 is 2.33 bits per heavy atom. The summed E-state index contributed by atoms with van der Waals surface area (Å²) in [6.45, 7) is 0. The molecular formula is C9H12N2O. The summed E-state index contributed by atoms with van der Waals surface area (Å²) < 4.78 is 0. The molecule has 12 heavy (non-hydrogen) atoms. The zero-order valence-corrected chi connectivity index (χ0v) is 6.84. The molecule has 3 heteroatoms. The van der Waals surface area contributed by atoms with Gasteiger partial charge in [-0.05, 0) is 18.4 Å². The fourth-order valence-corrected chi connectivity index (χ4v) is 1.11. The zero-order valence-electron chi connectivity index (χ0n) is 6.84. The van der Waals surface area contributed by atoms with Gasteiger partial charge in [-0.2, -0.15) is 0 Å². The molecule has 1 rings (SSSR count). The predicted molar refractivity (Wildman–Crippen MR) is 48.0 cm³/mol. The van der Waals surface area contributed by atoms with Gasteiger partial charge in [0, 0.05) is 5.71 Å². The average molecular weight is 164 g/mol. The maximum absolute atomic E-state index is 10.5. The van der Waals surface area contributed by atoms with E-state index in [4.69, 9.17) is 11.1 Å². The summed E-state index contributed by atoms with van der Waals surface area (Å²) in [7, 11) is 0. The third kappa shape index (κ3) is 2.34. The van der Waals surface area contributed by atoms with E-state index in [1.165, 1.54) is 0 Å². The molecule has 0 saturated heterocycles. The summed E-state index contributed by atoms with van der Waals surface area (Å²) in [5, 5.41) is 7.49. The van der Waals surface area contributed by atoms with Gasteiger partial charge >= 0.3 is 0 Å². The molecule has 0 unspecified atom stereocenters. The van der Waals surface area contributed by atoms with Gasteiger partial charge in [0.05, 0.1) is 6.42 Å². The molecule has 0 aromatic carbocycles. The van der Waals surface area contributed by atoms with E-state index < -0.39 is 5.91 Å². The maximum atomic E-state index is 10.5. The van der Waals surface area contributed by atoms with Gasteiger partial charge in [-0.25, -0.2) is 0 Å². The average Bonchev–Trinajstić information content (AvgIpc) is 2.05. The van der Waals surface area contributed by atoms with Gasteiger partial charge in [-0.15, -0.1) is 0 Å². The van der Waals surface area contributed by atoms with Crippen molar-refractivity contribution in [1.29, 1.82) is 5.41 Å². The second-order valence-corrected chi connectivity index (χ2v) is 2.76. The van der Waals surface area contributed by atoms with Crippen molar-refractivity contribution < 1.29 is 4.79 Å².